The molecule has 1 fully saturated rings. The number of likely N-dealkylation sites (N-methyl/N-ethyl adjacent to an activating group) is 1. The minimum Gasteiger partial charge on any atom is -0.409 e. The van der Waals surface area contributed by atoms with Gasteiger partial charge in [-0.15, -0.1) is 0 Å². The molecule has 0 aromatic heterocycles. The summed E-state index contributed by atoms with van der Waals surface area (Å²) in [6, 6.07) is 4.94. The number of oxime groups is 1. The molecule has 1 saturated heterocycles. The van der Waals surface area contributed by atoms with Gasteiger partial charge in [0, 0.05) is 31.2 Å². The summed E-state index contributed by atoms with van der Waals surface area (Å²) in [4.78, 5) is 4.55. The van der Waals surface area contributed by atoms with Crippen LogP contribution in [-0.4, -0.2) is 54.1 Å². The summed E-state index contributed by atoms with van der Waals surface area (Å²) in [5, 5.41) is 11.8. The first-order valence-electron chi connectivity index (χ1n) is 7.07. The standard InChI is InChI=1S/C15H23FN4O/c1-10-7-20(9-14(10)19(2)3)8-11-4-5-12(16)6-13(11)15(17)18-21/h4-6,10,14,21H,7-9H2,1-3H3,(H2,17,18). The fraction of sp³-hybridized carbons (Fsp3) is 0.533. The fourth-order valence-corrected chi connectivity index (χ4v) is 3.07. The average Bonchev–Trinajstić information content (AvgIpc) is 2.81. The maximum Gasteiger partial charge on any atom is 0.170 e. The second kappa shape index (κ2) is 6.41. The lowest BCUT2D eigenvalue weighted by molar-refractivity contribution is 0.250. The van der Waals surface area contributed by atoms with E-state index in [4.69, 9.17) is 10.9 Å². The quantitative estimate of drug-likeness (QED) is 0.380. The van der Waals surface area contributed by atoms with Gasteiger partial charge in [0.1, 0.15) is 5.82 Å². The maximum absolute atomic E-state index is 13.4. The molecular formula is C15H23FN4O. The molecule has 21 heavy (non-hydrogen) atoms. The van der Waals surface area contributed by atoms with E-state index in [1.807, 2.05) is 0 Å². The lowest BCUT2D eigenvalue weighted by Crippen LogP contribution is -2.34. The Morgan fingerprint density at radius 3 is 2.76 bits per heavy atom. The first kappa shape index (κ1) is 15.7. The summed E-state index contributed by atoms with van der Waals surface area (Å²) in [5.41, 5.74) is 6.98. The summed E-state index contributed by atoms with van der Waals surface area (Å²) in [6.07, 6.45) is 0. The molecular weight excluding hydrogens is 271 g/mol. The molecule has 1 aliphatic heterocycles. The molecule has 0 spiro atoms. The SMILES string of the molecule is CC1CN(Cc2ccc(F)cc2/C(N)=N/O)CC1N(C)C. The second-order valence-corrected chi connectivity index (χ2v) is 5.99. The topological polar surface area (TPSA) is 65.1 Å². The summed E-state index contributed by atoms with van der Waals surface area (Å²) < 4.78 is 13.4. The van der Waals surface area contributed by atoms with Crippen molar-refractivity contribution in [1.29, 1.82) is 0 Å². The molecule has 1 heterocycles. The highest BCUT2D eigenvalue weighted by atomic mass is 19.1. The van der Waals surface area contributed by atoms with Crippen LogP contribution in [0.2, 0.25) is 0 Å². The van der Waals surface area contributed by atoms with Crippen molar-refractivity contribution in [2.75, 3.05) is 27.2 Å². The third kappa shape index (κ3) is 3.51. The van der Waals surface area contributed by atoms with E-state index in [1.54, 1.807) is 6.07 Å². The van der Waals surface area contributed by atoms with Gasteiger partial charge < -0.3 is 15.8 Å². The summed E-state index contributed by atoms with van der Waals surface area (Å²) in [6.45, 7) is 4.84. The molecule has 0 bridgehead atoms. The Bertz CT molecular complexity index is 532. The summed E-state index contributed by atoms with van der Waals surface area (Å²) >= 11 is 0. The zero-order valence-electron chi connectivity index (χ0n) is 12.8. The number of hydrogen-bond donors (Lipinski definition) is 2. The average molecular weight is 294 g/mol. The highest BCUT2D eigenvalue weighted by Gasteiger charge is 2.31. The number of nitrogens with two attached hydrogens (primary N) is 1. The molecule has 0 aliphatic carbocycles. The van der Waals surface area contributed by atoms with Gasteiger partial charge in [-0.05, 0) is 37.7 Å². The van der Waals surface area contributed by atoms with E-state index in [0.29, 0.717) is 24.1 Å². The van der Waals surface area contributed by atoms with E-state index in [0.717, 1.165) is 18.7 Å². The number of hydrogen-bond acceptors (Lipinski definition) is 4. The third-order valence-electron chi connectivity index (χ3n) is 4.16. The number of rotatable bonds is 4. The number of halogens is 1. The molecule has 0 amide bonds. The molecule has 5 nitrogen and oxygen atoms in total. The van der Waals surface area contributed by atoms with Crippen molar-refractivity contribution >= 4 is 5.84 Å². The summed E-state index contributed by atoms with van der Waals surface area (Å²) in [5.74, 6) is 0.134. The van der Waals surface area contributed by atoms with Gasteiger partial charge in [0.15, 0.2) is 5.84 Å². The molecule has 6 heteroatoms. The van der Waals surface area contributed by atoms with Crippen molar-refractivity contribution in [1.82, 2.24) is 9.80 Å². The predicted octanol–water partition coefficient (Wildman–Crippen LogP) is 1.30. The van der Waals surface area contributed by atoms with Gasteiger partial charge in [-0.2, -0.15) is 0 Å². The van der Waals surface area contributed by atoms with E-state index >= 15 is 0 Å². The molecule has 3 N–H and O–H groups in total. The van der Waals surface area contributed by atoms with Gasteiger partial charge in [0.25, 0.3) is 0 Å². The molecule has 2 unspecified atom stereocenters. The Kier molecular flexibility index (Phi) is 4.80. The van der Waals surface area contributed by atoms with Crippen LogP contribution in [-0.2, 0) is 6.54 Å². The first-order chi connectivity index (χ1) is 9.92. The van der Waals surface area contributed by atoms with Gasteiger partial charge >= 0.3 is 0 Å². The van der Waals surface area contributed by atoms with Crippen LogP contribution in [0.15, 0.2) is 23.4 Å². The lowest BCUT2D eigenvalue weighted by atomic mass is 10.1. The molecule has 1 aromatic carbocycles. The number of benzene rings is 1. The second-order valence-electron chi connectivity index (χ2n) is 5.99. The monoisotopic (exact) mass is 294 g/mol. The molecule has 1 aromatic rings. The number of amidine groups is 1. The summed E-state index contributed by atoms with van der Waals surface area (Å²) in [7, 11) is 4.18. The van der Waals surface area contributed by atoms with Gasteiger partial charge in [-0.1, -0.05) is 18.1 Å². The molecule has 1 aliphatic rings. The molecule has 2 rings (SSSR count). The van der Waals surface area contributed by atoms with Crippen molar-refractivity contribution in [2.45, 2.75) is 19.5 Å². The normalized spacial score (nSPS) is 24.0. The van der Waals surface area contributed by atoms with Crippen LogP contribution in [0, 0.1) is 11.7 Å². The van der Waals surface area contributed by atoms with Gasteiger partial charge in [0.05, 0.1) is 0 Å². The highest BCUT2D eigenvalue weighted by Crippen LogP contribution is 2.23. The van der Waals surface area contributed by atoms with Crippen molar-refractivity contribution in [3.8, 4) is 0 Å². The Labute approximate surface area is 124 Å². The number of likely N-dealkylation sites (tertiary alicyclic amines) is 1. The molecule has 0 radical (unpaired) electrons. The van der Waals surface area contributed by atoms with E-state index in [2.05, 4.69) is 36.0 Å². The van der Waals surface area contributed by atoms with Crippen LogP contribution < -0.4 is 5.73 Å². The Hall–Kier alpha value is -1.66. The fourth-order valence-electron chi connectivity index (χ4n) is 3.07. The van der Waals surface area contributed by atoms with Crippen molar-refractivity contribution in [3.63, 3.8) is 0 Å². The Morgan fingerprint density at radius 1 is 1.48 bits per heavy atom. The van der Waals surface area contributed by atoms with Crippen molar-refractivity contribution in [2.24, 2.45) is 16.8 Å². The molecule has 0 saturated carbocycles. The van der Waals surface area contributed by atoms with E-state index in [-0.39, 0.29) is 11.7 Å². The van der Waals surface area contributed by atoms with E-state index < -0.39 is 0 Å². The molecule has 2 atom stereocenters. The highest BCUT2D eigenvalue weighted by molar-refractivity contribution is 5.98. The van der Waals surface area contributed by atoms with E-state index in [9.17, 15) is 4.39 Å². The maximum atomic E-state index is 13.4. The number of nitrogens with zero attached hydrogens (tertiary/aromatic N) is 3. The van der Waals surface area contributed by atoms with Gasteiger partial charge in [0.2, 0.25) is 0 Å². The van der Waals surface area contributed by atoms with Crippen LogP contribution in [0.1, 0.15) is 18.1 Å². The van der Waals surface area contributed by atoms with Crippen LogP contribution in [0.3, 0.4) is 0 Å². The molecule has 116 valence electrons. The Balaban J connectivity index is 2.17. The van der Waals surface area contributed by atoms with Crippen LogP contribution in [0.5, 0.6) is 0 Å². The van der Waals surface area contributed by atoms with Gasteiger partial charge in [-0.25, -0.2) is 4.39 Å². The minimum atomic E-state index is -0.388. The lowest BCUT2D eigenvalue weighted by Gasteiger charge is -2.23. The predicted molar refractivity (Wildman–Crippen MR) is 80.8 cm³/mol. The van der Waals surface area contributed by atoms with Crippen molar-refractivity contribution < 1.29 is 9.60 Å². The zero-order chi connectivity index (χ0) is 15.6. The van der Waals surface area contributed by atoms with E-state index in [1.165, 1.54) is 12.1 Å². The van der Waals surface area contributed by atoms with Crippen LogP contribution >= 0.6 is 0 Å². The van der Waals surface area contributed by atoms with Gasteiger partial charge in [-0.3, -0.25) is 4.90 Å². The van der Waals surface area contributed by atoms with Crippen LogP contribution in [0.25, 0.3) is 0 Å². The largest absolute Gasteiger partial charge is 0.409 e. The Morgan fingerprint density at radius 2 is 2.19 bits per heavy atom. The smallest absolute Gasteiger partial charge is 0.170 e. The van der Waals surface area contributed by atoms with Crippen LogP contribution in [0.4, 0.5) is 4.39 Å². The third-order valence-corrected chi connectivity index (χ3v) is 4.16. The minimum absolute atomic E-state index is 0.0547. The zero-order valence-corrected chi connectivity index (χ0v) is 12.8. The van der Waals surface area contributed by atoms with Crippen molar-refractivity contribution in [3.05, 3.63) is 35.1 Å². The first-order valence-corrected chi connectivity index (χ1v) is 7.07.